The Morgan fingerprint density at radius 3 is 2.74 bits per heavy atom. The third-order valence-corrected chi connectivity index (χ3v) is 4.57. The van der Waals surface area contributed by atoms with Crippen LogP contribution in [0.1, 0.15) is 44.1 Å². The summed E-state index contributed by atoms with van der Waals surface area (Å²) in [4.78, 5) is 0. The number of anilines is 1. The number of hydrogen-bond donors (Lipinski definition) is 1. The van der Waals surface area contributed by atoms with Crippen LogP contribution in [0.15, 0.2) is 16.6 Å². The van der Waals surface area contributed by atoms with E-state index in [1.165, 1.54) is 32.1 Å². The fraction of sp³-hybridized carbons (Fsp3) is 0.533. The molecule has 0 aliphatic heterocycles. The van der Waals surface area contributed by atoms with Gasteiger partial charge < -0.3 is 5.32 Å². The van der Waals surface area contributed by atoms with E-state index in [9.17, 15) is 4.39 Å². The van der Waals surface area contributed by atoms with Gasteiger partial charge in [0.1, 0.15) is 6.07 Å². The monoisotopic (exact) mass is 324 g/mol. The molecule has 0 unspecified atom stereocenters. The Hall–Kier alpha value is -1.08. The molecule has 1 aromatic rings. The Morgan fingerprint density at radius 1 is 1.32 bits per heavy atom. The van der Waals surface area contributed by atoms with Crippen LogP contribution in [-0.2, 0) is 0 Å². The molecule has 1 aromatic carbocycles. The van der Waals surface area contributed by atoms with E-state index in [0.29, 0.717) is 11.3 Å². The number of hydrogen-bond acceptors (Lipinski definition) is 2. The van der Waals surface area contributed by atoms with Crippen molar-refractivity contribution < 1.29 is 4.39 Å². The summed E-state index contributed by atoms with van der Waals surface area (Å²) >= 11 is 3.12. The number of nitrogens with zero attached hydrogens (tertiary/aromatic N) is 1. The van der Waals surface area contributed by atoms with Crippen molar-refractivity contribution in [2.24, 2.45) is 5.92 Å². The second kappa shape index (κ2) is 6.91. The topological polar surface area (TPSA) is 35.8 Å². The van der Waals surface area contributed by atoms with Gasteiger partial charge in [0.25, 0.3) is 0 Å². The first-order valence-corrected chi connectivity index (χ1v) is 7.63. The van der Waals surface area contributed by atoms with E-state index < -0.39 is 0 Å². The summed E-state index contributed by atoms with van der Waals surface area (Å²) in [6, 6.07) is 5.23. The van der Waals surface area contributed by atoms with Crippen molar-refractivity contribution in [3.63, 3.8) is 0 Å². The summed E-state index contributed by atoms with van der Waals surface area (Å²) in [6.07, 6.45) is 7.74. The van der Waals surface area contributed by atoms with Gasteiger partial charge in [-0.15, -0.1) is 0 Å². The van der Waals surface area contributed by atoms with Crippen LogP contribution in [0, 0.1) is 23.1 Å². The smallest absolute Gasteiger partial charge is 0.161 e. The highest BCUT2D eigenvalue weighted by atomic mass is 79.9. The van der Waals surface area contributed by atoms with E-state index in [1.54, 1.807) is 12.1 Å². The molecule has 0 aromatic heterocycles. The summed E-state index contributed by atoms with van der Waals surface area (Å²) in [5, 5.41) is 12.0. The molecule has 102 valence electrons. The summed E-state index contributed by atoms with van der Waals surface area (Å²) in [5.74, 6) is 0.411. The van der Waals surface area contributed by atoms with Crippen LogP contribution in [0.4, 0.5) is 10.1 Å². The van der Waals surface area contributed by atoms with E-state index in [-0.39, 0.29) is 10.3 Å². The van der Waals surface area contributed by atoms with Gasteiger partial charge >= 0.3 is 0 Å². The number of halogens is 2. The van der Waals surface area contributed by atoms with Crippen LogP contribution in [0.2, 0.25) is 0 Å². The first-order valence-electron chi connectivity index (χ1n) is 6.84. The first-order chi connectivity index (χ1) is 9.22. The Bertz CT molecular complexity index is 476. The van der Waals surface area contributed by atoms with Crippen LogP contribution < -0.4 is 5.32 Å². The molecule has 1 N–H and O–H groups in total. The number of nitrogens with one attached hydrogen (secondary N) is 1. The molecule has 2 rings (SSSR count). The second-order valence-electron chi connectivity index (χ2n) is 5.12. The van der Waals surface area contributed by atoms with Crippen LogP contribution in [0.3, 0.4) is 0 Å². The number of benzene rings is 1. The maximum Gasteiger partial charge on any atom is 0.161 e. The standard InChI is InChI=1S/C15H18BrFN2/c16-14-12(10-18)6-7-13(15(14)17)19-9-8-11-4-2-1-3-5-11/h6-7,11,19H,1-5,8-9H2. The zero-order valence-corrected chi connectivity index (χ0v) is 12.5. The molecule has 2 nitrogen and oxygen atoms in total. The second-order valence-corrected chi connectivity index (χ2v) is 5.91. The first kappa shape index (κ1) is 14.3. The largest absolute Gasteiger partial charge is 0.383 e. The Morgan fingerprint density at radius 2 is 2.05 bits per heavy atom. The Balaban J connectivity index is 1.89. The zero-order valence-electron chi connectivity index (χ0n) is 10.9. The quantitative estimate of drug-likeness (QED) is 0.859. The van der Waals surface area contributed by atoms with Crippen molar-refractivity contribution in [3.8, 4) is 6.07 Å². The molecule has 19 heavy (non-hydrogen) atoms. The highest BCUT2D eigenvalue weighted by molar-refractivity contribution is 9.10. The summed E-state index contributed by atoms with van der Waals surface area (Å²) in [7, 11) is 0. The molecular formula is C15H18BrFN2. The van der Waals surface area contributed by atoms with E-state index in [0.717, 1.165) is 18.9 Å². The normalized spacial score (nSPS) is 16.1. The number of nitriles is 1. The van der Waals surface area contributed by atoms with Gasteiger partial charge in [0.05, 0.1) is 15.7 Å². The molecule has 0 saturated heterocycles. The van der Waals surface area contributed by atoms with Crippen molar-refractivity contribution in [1.29, 1.82) is 5.26 Å². The third-order valence-electron chi connectivity index (χ3n) is 3.80. The number of rotatable bonds is 4. The maximum atomic E-state index is 14.0. The molecule has 4 heteroatoms. The predicted octanol–water partition coefficient (Wildman–Crippen LogP) is 4.84. The van der Waals surface area contributed by atoms with Gasteiger partial charge in [-0.25, -0.2) is 4.39 Å². The molecule has 1 aliphatic carbocycles. The van der Waals surface area contributed by atoms with Crippen LogP contribution in [0.25, 0.3) is 0 Å². The Labute approximate surface area is 122 Å². The lowest BCUT2D eigenvalue weighted by atomic mass is 9.87. The van der Waals surface area contributed by atoms with E-state index in [1.807, 2.05) is 6.07 Å². The zero-order chi connectivity index (χ0) is 13.7. The molecule has 0 heterocycles. The minimum atomic E-state index is -0.373. The van der Waals surface area contributed by atoms with Crippen molar-refractivity contribution >= 4 is 21.6 Å². The van der Waals surface area contributed by atoms with Crippen molar-refractivity contribution in [2.75, 3.05) is 11.9 Å². The van der Waals surface area contributed by atoms with Gasteiger partial charge in [-0.3, -0.25) is 0 Å². The highest BCUT2D eigenvalue weighted by Gasteiger charge is 2.14. The van der Waals surface area contributed by atoms with Crippen LogP contribution >= 0.6 is 15.9 Å². The van der Waals surface area contributed by atoms with Crippen LogP contribution in [0.5, 0.6) is 0 Å². The van der Waals surface area contributed by atoms with Crippen molar-refractivity contribution in [3.05, 3.63) is 28.0 Å². The van der Waals surface area contributed by atoms with Crippen molar-refractivity contribution in [1.82, 2.24) is 0 Å². The Kier molecular flexibility index (Phi) is 5.21. The minimum absolute atomic E-state index is 0.248. The van der Waals surface area contributed by atoms with Gasteiger partial charge in [-0.2, -0.15) is 5.26 Å². The fourth-order valence-corrected chi connectivity index (χ4v) is 3.09. The molecule has 1 fully saturated rings. The van der Waals surface area contributed by atoms with E-state index >= 15 is 0 Å². The summed E-state index contributed by atoms with van der Waals surface area (Å²) < 4.78 is 14.2. The fourth-order valence-electron chi connectivity index (χ4n) is 2.66. The van der Waals surface area contributed by atoms with E-state index in [4.69, 9.17) is 5.26 Å². The SMILES string of the molecule is N#Cc1ccc(NCCC2CCCCC2)c(F)c1Br. The molecule has 0 radical (unpaired) electrons. The molecule has 0 amide bonds. The summed E-state index contributed by atoms with van der Waals surface area (Å²) in [6.45, 7) is 0.792. The molecular weight excluding hydrogens is 307 g/mol. The molecule has 0 spiro atoms. The van der Waals surface area contributed by atoms with Gasteiger partial charge in [0, 0.05) is 6.54 Å². The van der Waals surface area contributed by atoms with E-state index in [2.05, 4.69) is 21.2 Å². The van der Waals surface area contributed by atoms with Gasteiger partial charge in [-0.1, -0.05) is 32.1 Å². The third kappa shape index (κ3) is 3.70. The lowest BCUT2D eigenvalue weighted by Crippen LogP contribution is -2.12. The lowest BCUT2D eigenvalue weighted by molar-refractivity contribution is 0.345. The maximum absolute atomic E-state index is 14.0. The van der Waals surface area contributed by atoms with Crippen LogP contribution in [-0.4, -0.2) is 6.54 Å². The van der Waals surface area contributed by atoms with Gasteiger partial charge in [-0.05, 0) is 40.4 Å². The average Bonchev–Trinajstić information content (AvgIpc) is 2.45. The molecule has 1 saturated carbocycles. The minimum Gasteiger partial charge on any atom is -0.383 e. The predicted molar refractivity (Wildman–Crippen MR) is 78.5 cm³/mol. The summed E-state index contributed by atoms with van der Waals surface area (Å²) in [5.41, 5.74) is 0.803. The molecule has 1 aliphatic rings. The average molecular weight is 325 g/mol. The highest BCUT2D eigenvalue weighted by Crippen LogP contribution is 2.28. The van der Waals surface area contributed by atoms with Crippen molar-refractivity contribution in [2.45, 2.75) is 38.5 Å². The van der Waals surface area contributed by atoms with Gasteiger partial charge in [0.15, 0.2) is 5.82 Å². The molecule has 0 bridgehead atoms. The molecule has 0 atom stereocenters. The lowest BCUT2D eigenvalue weighted by Gasteiger charge is -2.21. The van der Waals surface area contributed by atoms with Gasteiger partial charge in [0.2, 0.25) is 0 Å².